The van der Waals surface area contributed by atoms with Crippen LogP contribution in [0.15, 0.2) is 30.3 Å². The van der Waals surface area contributed by atoms with Gasteiger partial charge in [-0.2, -0.15) is 5.10 Å². The van der Waals surface area contributed by atoms with Crippen LogP contribution in [0.2, 0.25) is 0 Å². The molecular formula is C17H23N3O3. The van der Waals surface area contributed by atoms with Gasteiger partial charge in [0.05, 0.1) is 24.9 Å². The van der Waals surface area contributed by atoms with E-state index in [1.165, 1.54) is 0 Å². The zero-order chi connectivity index (χ0) is 17.0. The molecule has 2 unspecified atom stereocenters. The number of ether oxygens (including phenoxy) is 1. The minimum Gasteiger partial charge on any atom is -0.497 e. The van der Waals surface area contributed by atoms with Crippen LogP contribution in [0.3, 0.4) is 0 Å². The molecule has 2 rings (SSSR count). The Bertz CT molecular complexity index is 664. The Morgan fingerprint density at radius 3 is 2.61 bits per heavy atom. The highest BCUT2D eigenvalue weighted by Crippen LogP contribution is 2.20. The number of carbonyl (C=O) groups excluding carboxylic acids is 1. The maximum absolute atomic E-state index is 12.4. The van der Waals surface area contributed by atoms with Crippen molar-refractivity contribution in [3.8, 4) is 5.75 Å². The standard InChI is InChI=1S/C17H23N3O3/c1-5-20-15(10-11(2)19-20)17(22)18-12(3)16(21)13-6-8-14(23-4)9-7-13/h6-10,12,16,21H,5H2,1-4H3,(H,18,22). The Morgan fingerprint density at radius 1 is 1.39 bits per heavy atom. The molecule has 0 aliphatic carbocycles. The molecule has 6 heteroatoms. The predicted molar refractivity (Wildman–Crippen MR) is 87.5 cm³/mol. The molecular weight excluding hydrogens is 294 g/mol. The second kappa shape index (κ2) is 7.28. The van der Waals surface area contributed by atoms with Crippen molar-refractivity contribution < 1.29 is 14.6 Å². The Labute approximate surface area is 136 Å². The van der Waals surface area contributed by atoms with Crippen LogP contribution in [0.1, 0.15) is 41.7 Å². The molecule has 0 aliphatic rings. The smallest absolute Gasteiger partial charge is 0.269 e. The zero-order valence-corrected chi connectivity index (χ0v) is 13.9. The number of hydrogen-bond donors (Lipinski definition) is 2. The average Bonchev–Trinajstić information content (AvgIpc) is 2.95. The summed E-state index contributed by atoms with van der Waals surface area (Å²) in [6.45, 7) is 6.16. The number of aryl methyl sites for hydroxylation is 2. The molecule has 1 aromatic carbocycles. The summed E-state index contributed by atoms with van der Waals surface area (Å²) in [5.74, 6) is 0.479. The third-order valence-corrected chi connectivity index (χ3v) is 3.72. The summed E-state index contributed by atoms with van der Waals surface area (Å²) in [4.78, 5) is 12.4. The van der Waals surface area contributed by atoms with E-state index < -0.39 is 12.1 Å². The molecule has 124 valence electrons. The summed E-state index contributed by atoms with van der Waals surface area (Å²) in [6, 6.07) is 8.44. The van der Waals surface area contributed by atoms with Crippen LogP contribution in [0.5, 0.6) is 5.75 Å². The molecule has 2 aromatic rings. The minimum atomic E-state index is -0.802. The molecule has 1 aromatic heterocycles. The monoisotopic (exact) mass is 317 g/mol. The molecule has 0 radical (unpaired) electrons. The Balaban J connectivity index is 2.07. The fraction of sp³-hybridized carbons (Fsp3) is 0.412. The molecule has 0 fully saturated rings. The lowest BCUT2D eigenvalue weighted by Gasteiger charge is -2.21. The molecule has 0 bridgehead atoms. The van der Waals surface area contributed by atoms with E-state index in [1.807, 2.05) is 13.8 Å². The van der Waals surface area contributed by atoms with Crippen LogP contribution in [-0.2, 0) is 6.54 Å². The quantitative estimate of drug-likeness (QED) is 0.855. The van der Waals surface area contributed by atoms with Gasteiger partial charge in [0.2, 0.25) is 0 Å². The molecule has 23 heavy (non-hydrogen) atoms. The number of carbonyl (C=O) groups is 1. The normalized spacial score (nSPS) is 13.4. The fourth-order valence-corrected chi connectivity index (χ4v) is 2.42. The van der Waals surface area contributed by atoms with E-state index in [9.17, 15) is 9.90 Å². The van der Waals surface area contributed by atoms with Crippen molar-refractivity contribution in [1.82, 2.24) is 15.1 Å². The van der Waals surface area contributed by atoms with Crippen LogP contribution in [0.25, 0.3) is 0 Å². The highest BCUT2D eigenvalue weighted by Gasteiger charge is 2.21. The molecule has 0 saturated heterocycles. The van der Waals surface area contributed by atoms with Gasteiger partial charge in [-0.05, 0) is 44.5 Å². The number of aromatic nitrogens is 2. The molecule has 1 heterocycles. The first kappa shape index (κ1) is 17.0. The van der Waals surface area contributed by atoms with E-state index in [-0.39, 0.29) is 5.91 Å². The van der Waals surface area contributed by atoms with Gasteiger partial charge in [-0.1, -0.05) is 12.1 Å². The van der Waals surface area contributed by atoms with Gasteiger partial charge in [0.25, 0.3) is 5.91 Å². The summed E-state index contributed by atoms with van der Waals surface area (Å²) in [5, 5.41) is 17.5. The minimum absolute atomic E-state index is 0.243. The number of nitrogens with zero attached hydrogens (tertiary/aromatic N) is 2. The number of amides is 1. The Morgan fingerprint density at radius 2 is 2.04 bits per heavy atom. The summed E-state index contributed by atoms with van der Waals surface area (Å²) >= 11 is 0. The van der Waals surface area contributed by atoms with Gasteiger partial charge >= 0.3 is 0 Å². The molecule has 2 N–H and O–H groups in total. The van der Waals surface area contributed by atoms with Gasteiger partial charge in [-0.15, -0.1) is 0 Å². The molecule has 2 atom stereocenters. The first-order valence-corrected chi connectivity index (χ1v) is 7.63. The summed E-state index contributed by atoms with van der Waals surface area (Å²) in [5.41, 5.74) is 2.01. The third kappa shape index (κ3) is 3.90. The predicted octanol–water partition coefficient (Wildman–Crippen LogP) is 2.07. The van der Waals surface area contributed by atoms with Crippen molar-refractivity contribution in [3.63, 3.8) is 0 Å². The van der Waals surface area contributed by atoms with E-state index >= 15 is 0 Å². The first-order chi connectivity index (χ1) is 11.0. The number of methoxy groups -OCH3 is 1. The lowest BCUT2D eigenvalue weighted by Crippen LogP contribution is -2.38. The van der Waals surface area contributed by atoms with Gasteiger partial charge in [-0.25, -0.2) is 0 Å². The van der Waals surface area contributed by atoms with Gasteiger partial charge in [0.15, 0.2) is 0 Å². The summed E-state index contributed by atoms with van der Waals surface area (Å²) < 4.78 is 6.75. The number of rotatable bonds is 6. The maximum atomic E-state index is 12.4. The van der Waals surface area contributed by atoms with Gasteiger partial charge < -0.3 is 15.2 Å². The van der Waals surface area contributed by atoms with Gasteiger partial charge in [0.1, 0.15) is 11.4 Å². The zero-order valence-electron chi connectivity index (χ0n) is 13.9. The van der Waals surface area contributed by atoms with Crippen LogP contribution >= 0.6 is 0 Å². The first-order valence-electron chi connectivity index (χ1n) is 7.63. The van der Waals surface area contributed by atoms with E-state index in [1.54, 1.807) is 49.0 Å². The number of hydrogen-bond acceptors (Lipinski definition) is 4. The van der Waals surface area contributed by atoms with Gasteiger partial charge in [-0.3, -0.25) is 9.48 Å². The lowest BCUT2D eigenvalue weighted by atomic mass is 10.0. The molecule has 0 spiro atoms. The Hall–Kier alpha value is -2.34. The topological polar surface area (TPSA) is 76.4 Å². The number of aliphatic hydroxyl groups is 1. The van der Waals surface area contributed by atoms with Crippen LogP contribution < -0.4 is 10.1 Å². The summed E-state index contributed by atoms with van der Waals surface area (Å²) in [6.07, 6.45) is -0.802. The van der Waals surface area contributed by atoms with Crippen molar-refractivity contribution in [1.29, 1.82) is 0 Å². The largest absolute Gasteiger partial charge is 0.497 e. The van der Waals surface area contributed by atoms with E-state index in [2.05, 4.69) is 10.4 Å². The van der Waals surface area contributed by atoms with E-state index in [4.69, 9.17) is 4.74 Å². The van der Waals surface area contributed by atoms with Gasteiger partial charge in [0, 0.05) is 6.54 Å². The SMILES string of the molecule is CCn1nc(C)cc1C(=O)NC(C)C(O)c1ccc(OC)cc1. The molecule has 6 nitrogen and oxygen atoms in total. The van der Waals surface area contributed by atoms with Crippen LogP contribution in [0.4, 0.5) is 0 Å². The van der Waals surface area contributed by atoms with Crippen molar-refractivity contribution >= 4 is 5.91 Å². The maximum Gasteiger partial charge on any atom is 0.269 e. The van der Waals surface area contributed by atoms with E-state index in [0.717, 1.165) is 17.0 Å². The fourth-order valence-electron chi connectivity index (χ4n) is 2.42. The lowest BCUT2D eigenvalue weighted by molar-refractivity contribution is 0.0842. The molecule has 0 saturated carbocycles. The van der Waals surface area contributed by atoms with Crippen molar-refractivity contribution in [2.45, 2.75) is 39.5 Å². The summed E-state index contributed by atoms with van der Waals surface area (Å²) in [7, 11) is 1.59. The average molecular weight is 317 g/mol. The Kier molecular flexibility index (Phi) is 5.39. The molecule has 0 aliphatic heterocycles. The van der Waals surface area contributed by atoms with Crippen LogP contribution in [-0.4, -0.2) is 33.9 Å². The highest BCUT2D eigenvalue weighted by atomic mass is 16.5. The van der Waals surface area contributed by atoms with Crippen molar-refractivity contribution in [3.05, 3.63) is 47.3 Å². The number of benzene rings is 1. The van der Waals surface area contributed by atoms with Crippen molar-refractivity contribution in [2.24, 2.45) is 0 Å². The molecule has 1 amide bonds. The number of nitrogens with one attached hydrogen (secondary N) is 1. The second-order valence-corrected chi connectivity index (χ2v) is 5.47. The van der Waals surface area contributed by atoms with Crippen LogP contribution in [0, 0.1) is 6.92 Å². The van der Waals surface area contributed by atoms with Crippen molar-refractivity contribution in [2.75, 3.05) is 7.11 Å². The highest BCUT2D eigenvalue weighted by molar-refractivity contribution is 5.92. The third-order valence-electron chi connectivity index (χ3n) is 3.72. The van der Waals surface area contributed by atoms with E-state index in [0.29, 0.717) is 12.2 Å². The number of aliphatic hydroxyl groups excluding tert-OH is 1. The second-order valence-electron chi connectivity index (χ2n) is 5.47.